The van der Waals surface area contributed by atoms with Gasteiger partial charge in [-0.1, -0.05) is 81.4 Å². The molecule has 5 nitrogen and oxygen atoms in total. The number of hydrogen-bond donors (Lipinski definition) is 2. The summed E-state index contributed by atoms with van der Waals surface area (Å²) in [7, 11) is -2.47. The van der Waals surface area contributed by atoms with E-state index in [9.17, 15) is 4.79 Å². The number of carbonyl (C=O) groups excluding carboxylic acids is 1. The minimum Gasteiger partial charge on any atom is -0.501 e. The normalized spacial score (nSPS) is 18.7. The highest BCUT2D eigenvalue weighted by molar-refractivity contribution is 6.99. The summed E-state index contributed by atoms with van der Waals surface area (Å²) < 4.78 is 12.1. The van der Waals surface area contributed by atoms with Gasteiger partial charge in [0, 0.05) is 18.7 Å². The number of benzene rings is 2. The van der Waals surface area contributed by atoms with Gasteiger partial charge < -0.3 is 14.5 Å². The lowest BCUT2D eigenvalue weighted by Crippen LogP contribution is -2.67. The van der Waals surface area contributed by atoms with Crippen molar-refractivity contribution in [1.29, 1.82) is 0 Å². The highest BCUT2D eigenvalue weighted by Crippen LogP contribution is 2.38. The van der Waals surface area contributed by atoms with Gasteiger partial charge in [0.2, 0.25) is 5.91 Å². The maximum Gasteiger partial charge on any atom is 0.261 e. The highest BCUT2D eigenvalue weighted by Gasteiger charge is 2.50. The summed E-state index contributed by atoms with van der Waals surface area (Å²) in [6, 6.07) is 22.0. The fourth-order valence-corrected chi connectivity index (χ4v) is 9.23. The molecule has 0 spiro atoms. The first kappa shape index (κ1) is 25.2. The van der Waals surface area contributed by atoms with E-state index < -0.39 is 8.32 Å². The van der Waals surface area contributed by atoms with E-state index in [-0.39, 0.29) is 10.9 Å². The Morgan fingerprint density at radius 3 is 2.12 bits per heavy atom. The van der Waals surface area contributed by atoms with Crippen LogP contribution in [0, 0.1) is 5.92 Å². The number of carbonyl (C=O) groups is 1. The Morgan fingerprint density at radius 1 is 1.03 bits per heavy atom. The van der Waals surface area contributed by atoms with Crippen molar-refractivity contribution in [1.82, 2.24) is 10.6 Å². The molecule has 0 saturated heterocycles. The molecule has 2 N–H and O–H groups in total. The third-order valence-electron chi connectivity index (χ3n) is 6.32. The Balaban J connectivity index is 1.59. The van der Waals surface area contributed by atoms with E-state index in [1.807, 2.05) is 6.92 Å². The summed E-state index contributed by atoms with van der Waals surface area (Å²) in [6.07, 6.45) is 4.95. The van der Waals surface area contributed by atoms with Gasteiger partial charge in [-0.15, -0.1) is 0 Å². The zero-order chi connectivity index (χ0) is 23.7. The molecule has 0 heterocycles. The molecular formula is C27H38N2O3Si. The minimum absolute atomic E-state index is 0.00358. The van der Waals surface area contributed by atoms with Crippen LogP contribution in [-0.2, 0) is 14.0 Å². The van der Waals surface area contributed by atoms with Gasteiger partial charge in [-0.3, -0.25) is 10.1 Å². The lowest BCUT2D eigenvalue weighted by Gasteiger charge is -2.45. The molecule has 0 atom stereocenters. The Kier molecular flexibility index (Phi) is 8.89. The third kappa shape index (κ3) is 6.34. The quantitative estimate of drug-likeness (QED) is 0.230. The molecule has 3 rings (SSSR count). The molecule has 0 bridgehead atoms. The minimum atomic E-state index is -2.47. The first-order chi connectivity index (χ1) is 15.9. The molecule has 2 aromatic carbocycles. The molecule has 1 fully saturated rings. The second-order valence-electron chi connectivity index (χ2n) is 9.69. The van der Waals surface area contributed by atoms with Crippen LogP contribution in [0.4, 0.5) is 0 Å². The summed E-state index contributed by atoms with van der Waals surface area (Å²) in [5, 5.41) is 8.88. The van der Waals surface area contributed by atoms with Crippen molar-refractivity contribution in [2.24, 2.45) is 5.92 Å². The van der Waals surface area contributed by atoms with Crippen molar-refractivity contribution in [3.63, 3.8) is 0 Å². The summed E-state index contributed by atoms with van der Waals surface area (Å²) in [4.78, 5) is 11.7. The second kappa shape index (κ2) is 11.6. The van der Waals surface area contributed by atoms with Gasteiger partial charge in [-0.25, -0.2) is 0 Å². The maximum atomic E-state index is 11.7. The third-order valence-corrected chi connectivity index (χ3v) is 11.3. The number of rotatable bonds is 11. The van der Waals surface area contributed by atoms with Gasteiger partial charge in [0.1, 0.15) is 0 Å². The van der Waals surface area contributed by atoms with Crippen LogP contribution < -0.4 is 21.0 Å². The Hall–Kier alpha value is -2.41. The van der Waals surface area contributed by atoms with Crippen LogP contribution in [-0.4, -0.2) is 40.1 Å². The molecule has 1 saturated carbocycles. The van der Waals surface area contributed by atoms with E-state index in [1.165, 1.54) is 22.7 Å². The first-order valence-electron chi connectivity index (χ1n) is 11.9. The van der Waals surface area contributed by atoms with Crippen LogP contribution >= 0.6 is 0 Å². The Labute approximate surface area is 199 Å². The van der Waals surface area contributed by atoms with Crippen molar-refractivity contribution in [2.45, 2.75) is 51.6 Å². The standard InChI is InChI=1S/C27H38N2O3Si/c1-5-31-17-16-26(30)29-21-28-23-18-22(19-23)20-32-33(27(2,3)4,24-12-8-6-9-13-24)25-14-10-7-11-15-25/h6-17,22-23,28H,5,18-21H2,1-4H3,(H,29,30)/t22-,23+. The van der Waals surface area contributed by atoms with E-state index >= 15 is 0 Å². The summed E-state index contributed by atoms with van der Waals surface area (Å²) in [5.74, 6) is 0.375. The molecule has 0 aliphatic heterocycles. The number of amides is 1. The molecule has 0 aromatic heterocycles. The fourth-order valence-electron chi connectivity index (χ4n) is 4.59. The van der Waals surface area contributed by atoms with Crippen LogP contribution in [0.5, 0.6) is 0 Å². The van der Waals surface area contributed by atoms with Crippen LogP contribution in [0.15, 0.2) is 73.0 Å². The Bertz CT molecular complexity index is 851. The SMILES string of the molecule is CCOC=CC(=O)NCN[C@H]1C[C@@H](CO[Si](c2ccccc2)(c2ccccc2)C(C)(C)C)C1. The van der Waals surface area contributed by atoms with Gasteiger partial charge >= 0.3 is 0 Å². The molecule has 0 unspecified atom stereocenters. The number of ether oxygens (including phenoxy) is 1. The molecule has 178 valence electrons. The smallest absolute Gasteiger partial charge is 0.261 e. The average molecular weight is 467 g/mol. The van der Waals surface area contributed by atoms with Gasteiger partial charge in [0.05, 0.1) is 19.5 Å². The zero-order valence-corrected chi connectivity index (χ0v) is 21.3. The molecule has 2 aromatic rings. The predicted octanol–water partition coefficient (Wildman–Crippen LogP) is 3.56. The predicted molar refractivity (Wildman–Crippen MR) is 137 cm³/mol. The molecule has 1 aliphatic rings. The van der Waals surface area contributed by atoms with Crippen LogP contribution in [0.1, 0.15) is 40.5 Å². The van der Waals surface area contributed by atoms with E-state index in [0.717, 1.165) is 19.4 Å². The van der Waals surface area contributed by atoms with Crippen molar-refractivity contribution < 1.29 is 14.0 Å². The number of hydrogen-bond acceptors (Lipinski definition) is 4. The highest BCUT2D eigenvalue weighted by atomic mass is 28.4. The number of nitrogens with one attached hydrogen (secondary N) is 2. The zero-order valence-electron chi connectivity index (χ0n) is 20.3. The molecular weight excluding hydrogens is 428 g/mol. The molecule has 1 aliphatic carbocycles. The van der Waals surface area contributed by atoms with E-state index in [0.29, 0.717) is 25.2 Å². The second-order valence-corrected chi connectivity index (χ2v) is 14.0. The lowest BCUT2D eigenvalue weighted by atomic mass is 9.81. The van der Waals surface area contributed by atoms with Crippen molar-refractivity contribution in [3.8, 4) is 0 Å². The Morgan fingerprint density at radius 2 is 1.61 bits per heavy atom. The summed E-state index contributed by atoms with van der Waals surface area (Å²) >= 11 is 0. The van der Waals surface area contributed by atoms with Crippen LogP contribution in [0.2, 0.25) is 5.04 Å². The monoisotopic (exact) mass is 466 g/mol. The molecule has 1 amide bonds. The molecule has 0 radical (unpaired) electrons. The van der Waals surface area contributed by atoms with E-state index in [2.05, 4.69) is 92.1 Å². The van der Waals surface area contributed by atoms with Gasteiger partial charge in [-0.2, -0.15) is 0 Å². The molecule has 6 heteroatoms. The molecule has 33 heavy (non-hydrogen) atoms. The van der Waals surface area contributed by atoms with Crippen molar-refractivity contribution in [2.75, 3.05) is 19.9 Å². The van der Waals surface area contributed by atoms with Crippen molar-refractivity contribution >= 4 is 24.6 Å². The fraction of sp³-hybridized carbons (Fsp3) is 0.444. The van der Waals surface area contributed by atoms with E-state index in [4.69, 9.17) is 9.16 Å². The van der Waals surface area contributed by atoms with Crippen LogP contribution in [0.25, 0.3) is 0 Å². The van der Waals surface area contributed by atoms with Gasteiger partial charge in [0.25, 0.3) is 8.32 Å². The van der Waals surface area contributed by atoms with Gasteiger partial charge in [-0.05, 0) is 41.1 Å². The average Bonchev–Trinajstić information content (AvgIpc) is 2.77. The van der Waals surface area contributed by atoms with Crippen molar-refractivity contribution in [3.05, 3.63) is 73.0 Å². The largest absolute Gasteiger partial charge is 0.501 e. The van der Waals surface area contributed by atoms with E-state index in [1.54, 1.807) is 0 Å². The first-order valence-corrected chi connectivity index (χ1v) is 13.8. The maximum absolute atomic E-state index is 11.7. The lowest BCUT2D eigenvalue weighted by molar-refractivity contribution is -0.116. The van der Waals surface area contributed by atoms with Crippen LogP contribution in [0.3, 0.4) is 0 Å². The summed E-state index contributed by atoms with van der Waals surface area (Å²) in [6.45, 7) is 10.6. The summed E-state index contributed by atoms with van der Waals surface area (Å²) in [5.41, 5.74) is 0. The topological polar surface area (TPSA) is 59.6 Å². The van der Waals surface area contributed by atoms with Gasteiger partial charge in [0.15, 0.2) is 0 Å².